The van der Waals surface area contributed by atoms with Crippen LogP contribution in [0.2, 0.25) is 0 Å². The summed E-state index contributed by atoms with van der Waals surface area (Å²) in [6.45, 7) is 3.03. The predicted molar refractivity (Wildman–Crippen MR) is 128 cm³/mol. The number of carbonyl (C=O) groups excluding carboxylic acids is 2. The topological polar surface area (TPSA) is 122 Å². The molecule has 0 radical (unpaired) electrons. The minimum Gasteiger partial charge on any atom is -0.382 e. The highest BCUT2D eigenvalue weighted by Crippen LogP contribution is 2.34. The Morgan fingerprint density at radius 1 is 1.03 bits per heavy atom. The zero-order valence-electron chi connectivity index (χ0n) is 18.5. The number of anilines is 2. The van der Waals surface area contributed by atoms with E-state index in [1.807, 2.05) is 48.5 Å². The van der Waals surface area contributed by atoms with Crippen LogP contribution in [0.25, 0.3) is 0 Å². The molecule has 0 unspecified atom stereocenters. The summed E-state index contributed by atoms with van der Waals surface area (Å²) in [5.41, 5.74) is 9.98. The average molecular weight is 445 g/mol. The van der Waals surface area contributed by atoms with Crippen molar-refractivity contribution in [1.82, 2.24) is 20.6 Å². The van der Waals surface area contributed by atoms with E-state index in [9.17, 15) is 9.59 Å². The van der Waals surface area contributed by atoms with E-state index in [1.54, 1.807) is 0 Å². The van der Waals surface area contributed by atoms with E-state index in [0.29, 0.717) is 13.1 Å². The van der Waals surface area contributed by atoms with Crippen LogP contribution in [-0.2, 0) is 17.8 Å². The van der Waals surface area contributed by atoms with Crippen molar-refractivity contribution in [3.05, 3.63) is 83.3 Å². The Morgan fingerprint density at radius 3 is 2.55 bits per heavy atom. The molecule has 0 spiro atoms. The molecule has 1 aliphatic rings. The summed E-state index contributed by atoms with van der Waals surface area (Å²) >= 11 is 0. The average Bonchev–Trinajstić information content (AvgIpc) is 2.83. The molecule has 8 heteroatoms. The van der Waals surface area contributed by atoms with Gasteiger partial charge in [-0.15, -0.1) is 0 Å². The quantitative estimate of drug-likeness (QED) is 0.444. The first kappa shape index (κ1) is 22.3. The maximum Gasteiger partial charge on any atom is 0.273 e. The Kier molecular flexibility index (Phi) is 6.83. The number of hydrogen-bond acceptors (Lipinski definition) is 6. The van der Waals surface area contributed by atoms with Gasteiger partial charge in [-0.3, -0.25) is 9.59 Å². The second kappa shape index (κ2) is 10.1. The number of rotatable bonds is 7. The largest absolute Gasteiger partial charge is 0.382 e. The molecule has 1 aliphatic heterocycles. The molecule has 0 aliphatic carbocycles. The molecule has 1 aromatic heterocycles. The first-order valence-corrected chi connectivity index (χ1v) is 11.1. The van der Waals surface area contributed by atoms with Gasteiger partial charge in [0.25, 0.3) is 5.91 Å². The van der Waals surface area contributed by atoms with Crippen LogP contribution in [0.3, 0.4) is 0 Å². The molecule has 170 valence electrons. The number of benzene rings is 2. The van der Waals surface area contributed by atoms with Crippen molar-refractivity contribution in [3.63, 3.8) is 0 Å². The van der Waals surface area contributed by atoms with Gasteiger partial charge in [0, 0.05) is 37.2 Å². The van der Waals surface area contributed by atoms with Crippen molar-refractivity contribution in [2.24, 2.45) is 0 Å². The van der Waals surface area contributed by atoms with E-state index >= 15 is 0 Å². The molecule has 5 N–H and O–H groups in total. The van der Waals surface area contributed by atoms with Crippen LogP contribution in [-0.4, -0.2) is 34.4 Å². The minimum absolute atomic E-state index is 0.0680. The SMILES string of the molecule is C[C@@H]1C[C@H](C(=O)NCCc2ccc(CNC(=O)c3nccnc3N)cc2)c2ccccc2N1. The third-order valence-electron chi connectivity index (χ3n) is 5.77. The van der Waals surface area contributed by atoms with E-state index in [0.717, 1.165) is 35.2 Å². The van der Waals surface area contributed by atoms with Crippen molar-refractivity contribution in [1.29, 1.82) is 0 Å². The van der Waals surface area contributed by atoms with Gasteiger partial charge in [-0.25, -0.2) is 9.97 Å². The molecule has 2 amide bonds. The number of aromatic nitrogens is 2. The van der Waals surface area contributed by atoms with E-state index < -0.39 is 0 Å². The van der Waals surface area contributed by atoms with Gasteiger partial charge in [-0.2, -0.15) is 0 Å². The molecule has 2 atom stereocenters. The Bertz CT molecular complexity index is 1130. The number of carbonyl (C=O) groups is 2. The fourth-order valence-corrected chi connectivity index (χ4v) is 4.05. The Morgan fingerprint density at radius 2 is 1.76 bits per heavy atom. The summed E-state index contributed by atoms with van der Waals surface area (Å²) in [4.78, 5) is 32.9. The van der Waals surface area contributed by atoms with Crippen LogP contribution < -0.4 is 21.7 Å². The molecule has 0 fully saturated rings. The first-order chi connectivity index (χ1) is 16.0. The van der Waals surface area contributed by atoms with Gasteiger partial charge < -0.3 is 21.7 Å². The first-order valence-electron chi connectivity index (χ1n) is 11.1. The van der Waals surface area contributed by atoms with E-state index in [-0.39, 0.29) is 35.3 Å². The third-order valence-corrected chi connectivity index (χ3v) is 5.77. The highest BCUT2D eigenvalue weighted by atomic mass is 16.2. The third kappa shape index (κ3) is 5.46. The number of nitrogens with two attached hydrogens (primary N) is 1. The lowest BCUT2D eigenvalue weighted by atomic mass is 9.87. The van der Waals surface area contributed by atoms with Gasteiger partial charge in [0.2, 0.25) is 5.91 Å². The molecule has 8 nitrogen and oxygen atoms in total. The Hall–Kier alpha value is -3.94. The Balaban J connectivity index is 1.26. The normalized spacial score (nSPS) is 16.9. The zero-order valence-corrected chi connectivity index (χ0v) is 18.5. The van der Waals surface area contributed by atoms with E-state index in [1.165, 1.54) is 12.4 Å². The monoisotopic (exact) mass is 444 g/mol. The van der Waals surface area contributed by atoms with Crippen LogP contribution in [0.15, 0.2) is 60.9 Å². The zero-order chi connectivity index (χ0) is 23.2. The smallest absolute Gasteiger partial charge is 0.273 e. The van der Waals surface area contributed by atoms with Crippen LogP contribution in [0.5, 0.6) is 0 Å². The van der Waals surface area contributed by atoms with Gasteiger partial charge >= 0.3 is 0 Å². The van der Waals surface area contributed by atoms with Crippen molar-refractivity contribution < 1.29 is 9.59 Å². The summed E-state index contributed by atoms with van der Waals surface area (Å²) in [6.07, 6.45) is 4.39. The van der Waals surface area contributed by atoms with Crippen LogP contribution >= 0.6 is 0 Å². The second-order valence-electron chi connectivity index (χ2n) is 8.25. The molecule has 0 bridgehead atoms. The van der Waals surface area contributed by atoms with Gasteiger partial charge in [0.05, 0.1) is 5.92 Å². The van der Waals surface area contributed by atoms with Gasteiger partial charge in [0.1, 0.15) is 0 Å². The van der Waals surface area contributed by atoms with Gasteiger partial charge in [-0.1, -0.05) is 42.5 Å². The lowest BCUT2D eigenvalue weighted by Crippen LogP contribution is -2.36. The minimum atomic E-state index is -0.360. The number of hydrogen-bond donors (Lipinski definition) is 4. The standard InChI is InChI=1S/C25H28N6O2/c1-16-14-20(19-4-2-3-5-21(19)31-16)24(32)29-11-10-17-6-8-18(9-7-17)15-30-25(33)22-23(26)28-13-12-27-22/h2-9,12-13,16,20,31H,10-11,14-15H2,1H3,(H2,26,28)(H,29,32)(H,30,33)/t16-,20+/m1/s1. The van der Waals surface area contributed by atoms with Crippen molar-refractivity contribution in [2.75, 3.05) is 17.6 Å². The van der Waals surface area contributed by atoms with E-state index in [4.69, 9.17) is 5.73 Å². The molecule has 0 saturated carbocycles. The number of fused-ring (bicyclic) bond motifs is 1. The molecule has 33 heavy (non-hydrogen) atoms. The fourth-order valence-electron chi connectivity index (χ4n) is 4.05. The summed E-state index contributed by atoms with van der Waals surface area (Å²) < 4.78 is 0. The number of nitrogens with zero attached hydrogens (tertiary/aromatic N) is 2. The van der Waals surface area contributed by atoms with Crippen LogP contribution in [0.1, 0.15) is 46.4 Å². The van der Waals surface area contributed by atoms with Crippen molar-refractivity contribution in [3.8, 4) is 0 Å². The van der Waals surface area contributed by atoms with Crippen LogP contribution in [0.4, 0.5) is 11.5 Å². The maximum absolute atomic E-state index is 12.8. The molecular weight excluding hydrogens is 416 g/mol. The van der Waals surface area contributed by atoms with Crippen molar-refractivity contribution >= 4 is 23.3 Å². The number of nitrogens with one attached hydrogen (secondary N) is 3. The van der Waals surface area contributed by atoms with E-state index in [2.05, 4.69) is 32.8 Å². The summed E-state index contributed by atoms with van der Waals surface area (Å²) in [7, 11) is 0. The lowest BCUT2D eigenvalue weighted by Gasteiger charge is -2.30. The van der Waals surface area contributed by atoms with Crippen LogP contribution in [0, 0.1) is 0 Å². The number of para-hydroxylation sites is 1. The maximum atomic E-state index is 12.8. The summed E-state index contributed by atoms with van der Waals surface area (Å²) in [6, 6.07) is 16.2. The summed E-state index contributed by atoms with van der Waals surface area (Å²) in [5, 5.41) is 9.33. The molecule has 3 aromatic rings. The predicted octanol–water partition coefficient (Wildman–Crippen LogP) is 2.64. The number of nitrogen functional groups attached to an aromatic ring is 1. The second-order valence-corrected chi connectivity index (χ2v) is 8.25. The number of amides is 2. The highest BCUT2D eigenvalue weighted by Gasteiger charge is 2.29. The molecule has 0 saturated heterocycles. The van der Waals surface area contributed by atoms with Gasteiger partial charge in [-0.05, 0) is 42.5 Å². The molecule has 2 heterocycles. The highest BCUT2D eigenvalue weighted by molar-refractivity contribution is 5.96. The van der Waals surface area contributed by atoms with Crippen molar-refractivity contribution in [2.45, 2.75) is 38.3 Å². The van der Waals surface area contributed by atoms with Gasteiger partial charge in [0.15, 0.2) is 11.5 Å². The molecule has 2 aromatic carbocycles. The molecular formula is C25H28N6O2. The summed E-state index contributed by atoms with van der Waals surface area (Å²) in [5.74, 6) is -0.318. The fraction of sp³-hybridized carbons (Fsp3) is 0.280. The lowest BCUT2D eigenvalue weighted by molar-refractivity contribution is -0.122. The molecule has 4 rings (SSSR count). The Labute approximate surface area is 193 Å².